The summed E-state index contributed by atoms with van der Waals surface area (Å²) in [6, 6.07) is 0.113. The monoisotopic (exact) mass is 277 g/mol. The van der Waals surface area contributed by atoms with Crippen molar-refractivity contribution >= 4 is 42.3 Å². The maximum atomic E-state index is 11.0. The molecule has 0 aliphatic carbocycles. The second-order valence-corrected chi connectivity index (χ2v) is 3.82. The lowest BCUT2D eigenvalue weighted by Crippen LogP contribution is -2.20. The van der Waals surface area contributed by atoms with Crippen molar-refractivity contribution in [2.45, 2.75) is 18.9 Å². The first-order chi connectivity index (χ1) is 5.61. The Labute approximate surface area is 86.1 Å². The molecule has 0 aromatic heterocycles. The number of hydrogen-bond donors (Lipinski definition) is 0. The van der Waals surface area contributed by atoms with Gasteiger partial charge < -0.3 is 4.79 Å². The van der Waals surface area contributed by atoms with Crippen molar-refractivity contribution < 1.29 is 9.59 Å². The molecular formula is C7H9BINO2. The number of allylic oxidation sites excluding steroid dienone is 1. The molecule has 1 saturated heterocycles. The number of carbonyl (C=O) groups excluding carboxylic acids is 2. The van der Waals surface area contributed by atoms with Crippen LogP contribution in [-0.4, -0.2) is 28.6 Å². The molecule has 0 aromatic rings. The Kier molecular flexibility index (Phi) is 3.31. The van der Waals surface area contributed by atoms with Gasteiger partial charge in [0.2, 0.25) is 5.91 Å². The molecule has 5 heteroatoms. The van der Waals surface area contributed by atoms with E-state index in [-0.39, 0.29) is 17.6 Å². The van der Waals surface area contributed by atoms with E-state index in [4.69, 9.17) is 0 Å². The molecule has 0 unspecified atom stereocenters. The Morgan fingerprint density at radius 3 is 2.83 bits per heavy atom. The summed E-state index contributed by atoms with van der Waals surface area (Å²) in [7, 11) is 1.50. The van der Waals surface area contributed by atoms with Gasteiger partial charge >= 0.3 is 0 Å². The van der Waals surface area contributed by atoms with E-state index >= 15 is 0 Å². The zero-order valence-corrected chi connectivity index (χ0v) is 8.95. The molecule has 1 amide bonds. The minimum absolute atomic E-state index is 0.0270. The van der Waals surface area contributed by atoms with E-state index < -0.39 is 0 Å². The van der Waals surface area contributed by atoms with Crippen LogP contribution in [0.4, 0.5) is 0 Å². The Morgan fingerprint density at radius 1 is 1.75 bits per heavy atom. The fourth-order valence-electron chi connectivity index (χ4n) is 1.09. The standard InChI is InChI=1S/C7H9BINO2/c8-6(11)3-1-5-2-4-7(12)10(5)9/h1,3,5H,2,4,8H2/b3-1+/t5-/m0/s1. The van der Waals surface area contributed by atoms with Crippen molar-refractivity contribution in [2.75, 3.05) is 0 Å². The highest BCUT2D eigenvalue weighted by molar-refractivity contribution is 14.1. The van der Waals surface area contributed by atoms with Gasteiger partial charge in [0.05, 0.1) is 28.9 Å². The number of hydrogen-bond acceptors (Lipinski definition) is 2. The van der Waals surface area contributed by atoms with Gasteiger partial charge in [0.1, 0.15) is 5.68 Å². The molecule has 0 N–H and O–H groups in total. The van der Waals surface area contributed by atoms with Crippen molar-refractivity contribution in [3.63, 3.8) is 0 Å². The number of carbonyl (C=O) groups is 2. The number of rotatable bonds is 2. The Hall–Kier alpha value is -0.325. The second kappa shape index (κ2) is 4.07. The van der Waals surface area contributed by atoms with Crippen LogP contribution >= 0.6 is 22.9 Å². The van der Waals surface area contributed by atoms with Gasteiger partial charge in [0.15, 0.2) is 7.85 Å². The van der Waals surface area contributed by atoms with Gasteiger partial charge in [-0.2, -0.15) is 0 Å². The first-order valence-electron chi connectivity index (χ1n) is 3.78. The quantitative estimate of drug-likeness (QED) is 0.309. The Bertz CT molecular complexity index is 242. The predicted octanol–water partition coefficient (Wildman–Crippen LogP) is 0.0433. The molecule has 1 fully saturated rings. The molecule has 0 bridgehead atoms. The zero-order valence-electron chi connectivity index (χ0n) is 6.79. The van der Waals surface area contributed by atoms with Crippen LogP contribution in [0.1, 0.15) is 12.8 Å². The van der Waals surface area contributed by atoms with Crippen molar-refractivity contribution in [3.05, 3.63) is 12.2 Å². The molecule has 1 aliphatic rings. The molecule has 1 rings (SSSR count). The van der Waals surface area contributed by atoms with E-state index in [1.807, 2.05) is 22.9 Å². The summed E-state index contributed by atoms with van der Waals surface area (Å²) >= 11 is 1.99. The van der Waals surface area contributed by atoms with Crippen molar-refractivity contribution in [2.24, 2.45) is 0 Å². The highest BCUT2D eigenvalue weighted by Crippen LogP contribution is 2.23. The number of nitrogens with zero attached hydrogens (tertiary/aromatic N) is 1. The lowest BCUT2D eigenvalue weighted by atomic mass is 10.0. The molecule has 1 aliphatic heterocycles. The van der Waals surface area contributed by atoms with Gasteiger partial charge in [-0.3, -0.25) is 7.91 Å². The molecule has 1 heterocycles. The van der Waals surface area contributed by atoms with Crippen molar-refractivity contribution in [3.8, 4) is 0 Å². The van der Waals surface area contributed by atoms with Gasteiger partial charge in [-0.25, -0.2) is 0 Å². The fourth-order valence-corrected chi connectivity index (χ4v) is 1.80. The average molecular weight is 277 g/mol. The van der Waals surface area contributed by atoms with Gasteiger partial charge in [0, 0.05) is 6.42 Å². The molecule has 0 aromatic carbocycles. The largest absolute Gasteiger partial charge is 0.307 e. The highest BCUT2D eigenvalue weighted by atomic mass is 127. The summed E-state index contributed by atoms with van der Waals surface area (Å²) in [5, 5.41) is 0. The van der Waals surface area contributed by atoms with E-state index in [1.54, 1.807) is 9.19 Å². The number of amides is 1. The van der Waals surface area contributed by atoms with Gasteiger partial charge in [-0.1, -0.05) is 6.08 Å². The predicted molar refractivity (Wildman–Crippen MR) is 56.6 cm³/mol. The lowest BCUT2D eigenvalue weighted by molar-refractivity contribution is -0.123. The molecular weight excluding hydrogens is 268 g/mol. The topological polar surface area (TPSA) is 37.4 Å². The van der Waals surface area contributed by atoms with Crippen LogP contribution in [0.15, 0.2) is 12.2 Å². The van der Waals surface area contributed by atoms with Gasteiger partial charge in [0.25, 0.3) is 0 Å². The lowest BCUT2D eigenvalue weighted by Gasteiger charge is -2.12. The first kappa shape index (κ1) is 9.76. The Balaban J connectivity index is 2.55. The zero-order chi connectivity index (χ0) is 9.14. The van der Waals surface area contributed by atoms with Crippen LogP contribution in [0.5, 0.6) is 0 Å². The molecule has 0 spiro atoms. The molecule has 0 radical (unpaired) electrons. The third-order valence-corrected chi connectivity index (χ3v) is 2.99. The third-order valence-electron chi connectivity index (χ3n) is 1.74. The minimum Gasteiger partial charge on any atom is -0.307 e. The van der Waals surface area contributed by atoms with Crippen LogP contribution in [-0.2, 0) is 9.59 Å². The van der Waals surface area contributed by atoms with Crippen LogP contribution < -0.4 is 0 Å². The first-order valence-corrected chi connectivity index (χ1v) is 4.74. The van der Waals surface area contributed by atoms with Crippen LogP contribution in [0.25, 0.3) is 0 Å². The third kappa shape index (κ3) is 2.33. The van der Waals surface area contributed by atoms with E-state index in [0.717, 1.165) is 6.42 Å². The number of halogens is 1. The highest BCUT2D eigenvalue weighted by Gasteiger charge is 2.26. The van der Waals surface area contributed by atoms with E-state index in [0.29, 0.717) is 6.42 Å². The average Bonchev–Trinajstić information content (AvgIpc) is 2.30. The van der Waals surface area contributed by atoms with Crippen LogP contribution in [0.3, 0.4) is 0 Å². The molecule has 0 saturated carbocycles. The summed E-state index contributed by atoms with van der Waals surface area (Å²) in [5.41, 5.74) is 0.0270. The maximum absolute atomic E-state index is 11.0. The Morgan fingerprint density at radius 2 is 2.42 bits per heavy atom. The summed E-state index contributed by atoms with van der Waals surface area (Å²) in [5.74, 6) is 0.147. The van der Waals surface area contributed by atoms with Crippen LogP contribution in [0.2, 0.25) is 0 Å². The maximum Gasteiger partial charge on any atom is 0.231 e. The molecule has 1 atom stereocenters. The van der Waals surface area contributed by atoms with Gasteiger partial charge in [-0.15, -0.1) is 0 Å². The fraction of sp³-hybridized carbons (Fsp3) is 0.429. The second-order valence-electron chi connectivity index (χ2n) is 2.78. The summed E-state index contributed by atoms with van der Waals surface area (Å²) in [6.07, 6.45) is 4.73. The van der Waals surface area contributed by atoms with E-state index in [2.05, 4.69) is 0 Å². The minimum atomic E-state index is 0.0270. The van der Waals surface area contributed by atoms with E-state index in [9.17, 15) is 9.59 Å². The van der Waals surface area contributed by atoms with Crippen LogP contribution in [0, 0.1) is 0 Å². The van der Waals surface area contributed by atoms with Crippen molar-refractivity contribution in [1.82, 2.24) is 3.11 Å². The van der Waals surface area contributed by atoms with Crippen molar-refractivity contribution in [1.29, 1.82) is 0 Å². The SMILES string of the molecule is BC(=O)/C=C/[C@H]1CCC(=O)N1I. The smallest absolute Gasteiger partial charge is 0.231 e. The summed E-state index contributed by atoms with van der Waals surface area (Å²) in [4.78, 5) is 21.6. The summed E-state index contributed by atoms with van der Waals surface area (Å²) in [6.45, 7) is 0. The van der Waals surface area contributed by atoms with E-state index in [1.165, 1.54) is 13.9 Å². The molecule has 64 valence electrons. The van der Waals surface area contributed by atoms with Gasteiger partial charge in [-0.05, 0) is 12.5 Å². The molecule has 3 nitrogen and oxygen atoms in total. The summed E-state index contributed by atoms with van der Waals surface area (Å²) < 4.78 is 1.65. The molecule has 12 heavy (non-hydrogen) atoms. The normalized spacial score (nSPS) is 23.9.